The summed E-state index contributed by atoms with van der Waals surface area (Å²) in [5.74, 6) is -1.19. The van der Waals surface area contributed by atoms with E-state index in [0.29, 0.717) is 5.70 Å². The van der Waals surface area contributed by atoms with Crippen LogP contribution in [0.4, 0.5) is 0 Å². The molecule has 0 amide bonds. The average Bonchev–Trinajstić information content (AvgIpc) is 3.30. The monoisotopic (exact) mass is 482 g/mol. The number of nitrogens with zero attached hydrogens (tertiary/aromatic N) is 2. The highest BCUT2D eigenvalue weighted by atomic mass is 35.5. The topological polar surface area (TPSA) is 86.2 Å². The number of hydrogen-bond acceptors (Lipinski definition) is 7. The van der Waals surface area contributed by atoms with E-state index < -0.39 is 11.5 Å². The maximum absolute atomic E-state index is 11.6. The van der Waals surface area contributed by atoms with Gasteiger partial charge in [-0.15, -0.1) is 12.4 Å². The van der Waals surface area contributed by atoms with Crippen molar-refractivity contribution in [2.75, 3.05) is 7.11 Å². The Bertz CT molecular complexity index is 1030. The third kappa shape index (κ3) is 5.04. The van der Waals surface area contributed by atoms with E-state index in [1.807, 2.05) is 54.6 Å². The summed E-state index contributed by atoms with van der Waals surface area (Å²) in [5.41, 5.74) is 9.09. The number of oxime groups is 1. The molecule has 1 aliphatic rings. The minimum Gasteiger partial charge on any atom is -0.476 e. The number of rotatable bonds is 8. The van der Waals surface area contributed by atoms with Crippen LogP contribution in [-0.2, 0) is 15.2 Å². The highest BCUT2D eigenvalue weighted by molar-refractivity contribution is 8.00. The van der Waals surface area contributed by atoms with Gasteiger partial charge in [-0.1, -0.05) is 101 Å². The summed E-state index contributed by atoms with van der Waals surface area (Å²) >= 11 is 1.28. The molecule has 0 aliphatic carbocycles. The van der Waals surface area contributed by atoms with Crippen LogP contribution >= 0.6 is 24.4 Å². The fraction of sp³-hybridized carbons (Fsp3) is 0.0833. The standard InChI is InChI=1S/C24H22N4O3S.ClH/c1-31-26-22(23(29)30)21-17-32-28(25-21)27-24(18-11-5-2-6-12-18,19-13-7-3-8-14-19)20-15-9-4-10-16-20;/h2-17,25,27H,1H3,(H,29,30);1H/b26-22-;. The van der Waals surface area contributed by atoms with E-state index in [1.165, 1.54) is 19.1 Å². The zero-order valence-electron chi connectivity index (χ0n) is 17.7. The molecular formula is C24H23ClN4O3S. The van der Waals surface area contributed by atoms with Gasteiger partial charge in [0.15, 0.2) is 0 Å². The molecule has 3 aromatic carbocycles. The minimum atomic E-state index is -1.19. The number of hydrogen-bond donors (Lipinski definition) is 3. The van der Waals surface area contributed by atoms with Crippen molar-refractivity contribution in [1.82, 2.24) is 15.4 Å². The number of carbonyl (C=O) groups is 1. The molecule has 33 heavy (non-hydrogen) atoms. The second-order valence-electron chi connectivity index (χ2n) is 6.93. The molecule has 0 bridgehead atoms. The zero-order chi connectivity index (χ0) is 22.4. The van der Waals surface area contributed by atoms with Gasteiger partial charge in [0.05, 0.1) is 5.70 Å². The number of halogens is 1. The van der Waals surface area contributed by atoms with E-state index in [1.54, 1.807) is 9.93 Å². The number of aliphatic carboxylic acids is 1. The van der Waals surface area contributed by atoms with Crippen LogP contribution in [0.3, 0.4) is 0 Å². The first kappa shape index (κ1) is 24.3. The quantitative estimate of drug-likeness (QED) is 0.191. The van der Waals surface area contributed by atoms with Gasteiger partial charge in [0, 0.05) is 5.41 Å². The third-order valence-corrected chi connectivity index (χ3v) is 5.76. The molecule has 0 unspecified atom stereocenters. The molecule has 0 saturated heterocycles. The average molecular weight is 483 g/mol. The van der Waals surface area contributed by atoms with E-state index in [9.17, 15) is 9.90 Å². The minimum absolute atomic E-state index is 0. The summed E-state index contributed by atoms with van der Waals surface area (Å²) in [7, 11) is 1.31. The number of carboxylic acid groups (broad SMARTS) is 1. The van der Waals surface area contributed by atoms with Gasteiger partial charge in [-0.25, -0.2) is 10.2 Å². The van der Waals surface area contributed by atoms with E-state index in [4.69, 9.17) is 4.84 Å². The highest BCUT2D eigenvalue weighted by Crippen LogP contribution is 2.38. The maximum Gasteiger partial charge on any atom is 0.360 e. The summed E-state index contributed by atoms with van der Waals surface area (Å²) in [4.78, 5) is 16.3. The van der Waals surface area contributed by atoms with Crippen molar-refractivity contribution < 1.29 is 14.7 Å². The lowest BCUT2D eigenvalue weighted by molar-refractivity contribution is -0.129. The molecule has 3 aromatic rings. The third-order valence-electron chi connectivity index (χ3n) is 5.03. The van der Waals surface area contributed by atoms with Gasteiger partial charge >= 0.3 is 5.97 Å². The van der Waals surface area contributed by atoms with Crippen molar-refractivity contribution in [3.05, 3.63) is 119 Å². The summed E-state index contributed by atoms with van der Waals surface area (Å²) in [6, 6.07) is 30.3. The predicted molar refractivity (Wildman–Crippen MR) is 132 cm³/mol. The Kier molecular flexibility index (Phi) is 8.13. The van der Waals surface area contributed by atoms with Gasteiger partial charge in [-0.05, 0) is 28.6 Å². The van der Waals surface area contributed by atoms with Crippen LogP contribution in [-0.4, -0.2) is 28.4 Å². The number of hydrazine groups is 2. The van der Waals surface area contributed by atoms with Gasteiger partial charge in [0.2, 0.25) is 5.71 Å². The lowest BCUT2D eigenvalue weighted by Gasteiger charge is -2.39. The SMILES string of the molecule is CO/N=C(\C(=O)O)C1=CSN(NC(c2ccccc2)(c2ccccc2)c2ccccc2)N1.Cl. The van der Waals surface area contributed by atoms with E-state index >= 15 is 0 Å². The van der Waals surface area contributed by atoms with Crippen molar-refractivity contribution in [2.24, 2.45) is 5.16 Å². The van der Waals surface area contributed by atoms with Crippen molar-refractivity contribution >= 4 is 36.0 Å². The van der Waals surface area contributed by atoms with Gasteiger partial charge in [-0.2, -0.15) is 0 Å². The Morgan fingerprint density at radius 1 is 0.939 bits per heavy atom. The predicted octanol–water partition coefficient (Wildman–Crippen LogP) is 4.30. The van der Waals surface area contributed by atoms with Gasteiger partial charge < -0.3 is 9.94 Å². The molecule has 0 aromatic heterocycles. The van der Waals surface area contributed by atoms with E-state index in [2.05, 4.69) is 52.4 Å². The van der Waals surface area contributed by atoms with Crippen molar-refractivity contribution in [1.29, 1.82) is 0 Å². The second kappa shape index (κ2) is 11.0. The Morgan fingerprint density at radius 3 is 1.79 bits per heavy atom. The van der Waals surface area contributed by atoms with Gasteiger partial charge in [-0.3, -0.25) is 5.43 Å². The van der Waals surface area contributed by atoms with Crippen LogP contribution in [0.25, 0.3) is 0 Å². The Balaban J connectivity index is 0.00000306. The molecule has 0 saturated carbocycles. The Hall–Kier alpha value is -3.30. The molecule has 170 valence electrons. The maximum atomic E-state index is 11.6. The fourth-order valence-electron chi connectivity index (χ4n) is 3.64. The molecule has 4 rings (SSSR count). The molecule has 0 spiro atoms. The molecule has 1 heterocycles. The smallest absolute Gasteiger partial charge is 0.360 e. The Labute approximate surface area is 202 Å². The van der Waals surface area contributed by atoms with Crippen LogP contribution in [0, 0.1) is 0 Å². The summed E-state index contributed by atoms with van der Waals surface area (Å²) < 4.78 is 1.68. The van der Waals surface area contributed by atoms with E-state index in [-0.39, 0.29) is 18.1 Å². The van der Waals surface area contributed by atoms with Gasteiger partial charge in [0.25, 0.3) is 0 Å². The van der Waals surface area contributed by atoms with Crippen molar-refractivity contribution in [2.45, 2.75) is 5.54 Å². The molecule has 0 fully saturated rings. The number of benzene rings is 3. The zero-order valence-corrected chi connectivity index (χ0v) is 19.3. The van der Waals surface area contributed by atoms with Crippen LogP contribution in [0.2, 0.25) is 0 Å². The van der Waals surface area contributed by atoms with Crippen molar-refractivity contribution in [3.63, 3.8) is 0 Å². The number of nitrogens with one attached hydrogen (secondary N) is 2. The van der Waals surface area contributed by atoms with Crippen LogP contribution < -0.4 is 10.9 Å². The molecule has 0 atom stereocenters. The first-order valence-corrected chi connectivity index (χ1v) is 10.7. The molecule has 9 heteroatoms. The fourth-order valence-corrected chi connectivity index (χ4v) is 4.35. The first-order valence-electron chi connectivity index (χ1n) is 9.88. The van der Waals surface area contributed by atoms with Crippen LogP contribution in [0.5, 0.6) is 0 Å². The van der Waals surface area contributed by atoms with Gasteiger partial charge in [0.1, 0.15) is 12.6 Å². The summed E-state index contributed by atoms with van der Waals surface area (Å²) in [5, 5.41) is 14.8. The first-order chi connectivity index (χ1) is 15.6. The molecular weight excluding hydrogens is 460 g/mol. The molecule has 1 aliphatic heterocycles. The van der Waals surface area contributed by atoms with Crippen LogP contribution in [0.15, 0.2) is 107 Å². The van der Waals surface area contributed by atoms with Crippen molar-refractivity contribution in [3.8, 4) is 0 Å². The van der Waals surface area contributed by atoms with E-state index in [0.717, 1.165) is 16.7 Å². The second-order valence-corrected chi connectivity index (χ2v) is 7.74. The molecule has 0 radical (unpaired) electrons. The summed E-state index contributed by atoms with van der Waals surface area (Å²) in [6.45, 7) is 0. The molecule has 7 nitrogen and oxygen atoms in total. The van der Waals surface area contributed by atoms with Crippen LogP contribution in [0.1, 0.15) is 16.7 Å². The Morgan fingerprint density at radius 2 is 1.39 bits per heavy atom. The molecule has 3 N–H and O–H groups in total. The largest absolute Gasteiger partial charge is 0.476 e. The number of carboxylic acids is 1. The highest BCUT2D eigenvalue weighted by Gasteiger charge is 2.39. The lowest BCUT2D eigenvalue weighted by Crippen LogP contribution is -2.54. The lowest BCUT2D eigenvalue weighted by atomic mass is 9.77. The summed E-state index contributed by atoms with van der Waals surface area (Å²) in [6.07, 6.45) is 0. The normalized spacial score (nSPS) is 14.1.